The third kappa shape index (κ3) is 10.8. The molecule has 1 amide bonds. The van der Waals surface area contributed by atoms with E-state index >= 15 is 0 Å². The number of ketones is 1. The predicted molar refractivity (Wildman–Crippen MR) is 153 cm³/mol. The zero-order chi connectivity index (χ0) is 30.9. The van der Waals surface area contributed by atoms with Crippen molar-refractivity contribution in [3.8, 4) is 0 Å². The molecule has 1 aliphatic rings. The highest BCUT2D eigenvalue weighted by atomic mass is 16.7. The van der Waals surface area contributed by atoms with E-state index in [1.807, 2.05) is 44.2 Å². The molecule has 0 bridgehead atoms. The SMILES string of the molecule is CCOC(C)OCCCC(=O)C(CN(C)C(=O)OCc1ccccc1)C1[C@@H](OCOC)[C@@H](OC)[C@@H](OC)[C@H]1OCOC. The first kappa shape index (κ1) is 36.0. The Kier molecular flexibility index (Phi) is 17.1. The van der Waals surface area contributed by atoms with Crippen LogP contribution < -0.4 is 0 Å². The van der Waals surface area contributed by atoms with Gasteiger partial charge in [0.25, 0.3) is 0 Å². The zero-order valence-electron chi connectivity index (χ0n) is 26.0. The number of hydrogen-bond acceptors (Lipinski definition) is 11. The highest BCUT2D eigenvalue weighted by molar-refractivity contribution is 5.82. The second-order valence-electron chi connectivity index (χ2n) is 10.0. The lowest BCUT2D eigenvalue weighted by Gasteiger charge is -2.34. The monoisotopic (exact) mass is 599 g/mol. The summed E-state index contributed by atoms with van der Waals surface area (Å²) in [6.07, 6.45) is -2.68. The molecule has 0 radical (unpaired) electrons. The number of benzene rings is 1. The van der Waals surface area contributed by atoms with Gasteiger partial charge in [-0.3, -0.25) is 4.79 Å². The molecule has 0 saturated heterocycles. The van der Waals surface area contributed by atoms with Gasteiger partial charge >= 0.3 is 6.09 Å². The van der Waals surface area contributed by atoms with Gasteiger partial charge in [-0.05, 0) is 25.8 Å². The van der Waals surface area contributed by atoms with Crippen LogP contribution in [0.15, 0.2) is 30.3 Å². The standard InChI is InChI=1S/C30H49NO11/c1-8-38-21(2)39-16-12-15-24(32)23(17-31(3)30(33)40-18-22-13-10-9-11-14-22)25-26(41-19-34-4)28(36-6)29(37-7)27(25)42-20-35-5/h9-11,13-14,21,23,25-29H,8,12,15-20H2,1-7H3/t21?,23?,25?,26-,27+,28-,29+. The van der Waals surface area contributed by atoms with Crippen LogP contribution in [-0.4, -0.2) is 116 Å². The third-order valence-electron chi connectivity index (χ3n) is 7.22. The molecule has 2 rings (SSSR count). The molecule has 0 spiro atoms. The predicted octanol–water partition coefficient (Wildman–Crippen LogP) is 3.26. The summed E-state index contributed by atoms with van der Waals surface area (Å²) < 4.78 is 50.8. The van der Waals surface area contributed by atoms with E-state index in [2.05, 4.69) is 0 Å². The van der Waals surface area contributed by atoms with Gasteiger partial charge in [0, 0.05) is 66.9 Å². The van der Waals surface area contributed by atoms with Crippen LogP contribution in [0.3, 0.4) is 0 Å². The number of carbonyl (C=O) groups excluding carboxylic acids is 2. The van der Waals surface area contributed by atoms with Gasteiger partial charge in [-0.2, -0.15) is 0 Å². The van der Waals surface area contributed by atoms with Crippen LogP contribution in [-0.2, 0) is 54.0 Å². The highest BCUT2D eigenvalue weighted by Crippen LogP contribution is 2.41. The van der Waals surface area contributed by atoms with Gasteiger partial charge in [0.1, 0.15) is 38.2 Å². The minimum absolute atomic E-state index is 0.0342. The minimum atomic E-state index is -0.717. The summed E-state index contributed by atoms with van der Waals surface area (Å²) in [5, 5.41) is 0. The van der Waals surface area contributed by atoms with Gasteiger partial charge in [-0.1, -0.05) is 30.3 Å². The Morgan fingerprint density at radius 2 is 1.48 bits per heavy atom. The molecule has 1 saturated carbocycles. The molecule has 1 aromatic rings. The first-order valence-corrected chi connectivity index (χ1v) is 14.3. The summed E-state index contributed by atoms with van der Waals surface area (Å²) in [7, 11) is 7.74. The number of hydrogen-bond donors (Lipinski definition) is 0. The van der Waals surface area contributed by atoms with E-state index in [-0.39, 0.29) is 45.2 Å². The van der Waals surface area contributed by atoms with Crippen molar-refractivity contribution in [2.75, 3.05) is 68.8 Å². The largest absolute Gasteiger partial charge is 0.445 e. The van der Waals surface area contributed by atoms with Crippen molar-refractivity contribution in [3.05, 3.63) is 35.9 Å². The first-order valence-electron chi connectivity index (χ1n) is 14.3. The summed E-state index contributed by atoms with van der Waals surface area (Å²) in [4.78, 5) is 28.4. The van der Waals surface area contributed by atoms with Gasteiger partial charge in [-0.25, -0.2) is 4.79 Å². The second-order valence-corrected chi connectivity index (χ2v) is 10.0. The van der Waals surface area contributed by atoms with Crippen LogP contribution in [0.1, 0.15) is 32.3 Å². The number of ether oxygens (including phenoxy) is 9. The zero-order valence-corrected chi connectivity index (χ0v) is 26.0. The quantitative estimate of drug-likeness (QED) is 0.153. The number of methoxy groups -OCH3 is 4. The molecule has 1 fully saturated rings. The van der Waals surface area contributed by atoms with Crippen molar-refractivity contribution in [3.63, 3.8) is 0 Å². The van der Waals surface area contributed by atoms with E-state index in [1.54, 1.807) is 21.3 Å². The van der Waals surface area contributed by atoms with Crippen LogP contribution in [0.5, 0.6) is 0 Å². The molecule has 1 aliphatic carbocycles. The normalized spacial score (nSPS) is 23.5. The number of rotatable bonds is 21. The fourth-order valence-corrected chi connectivity index (χ4v) is 5.30. The molecule has 12 nitrogen and oxygen atoms in total. The Morgan fingerprint density at radius 3 is 2.00 bits per heavy atom. The molecule has 0 aromatic heterocycles. The van der Waals surface area contributed by atoms with E-state index < -0.39 is 42.3 Å². The van der Waals surface area contributed by atoms with Gasteiger partial charge in [0.05, 0.1) is 18.8 Å². The Hall–Kier alpha value is -2.16. The third-order valence-corrected chi connectivity index (χ3v) is 7.22. The Morgan fingerprint density at radius 1 is 0.881 bits per heavy atom. The second kappa shape index (κ2) is 19.9. The van der Waals surface area contributed by atoms with Gasteiger partial charge in [-0.15, -0.1) is 0 Å². The van der Waals surface area contributed by atoms with E-state index in [9.17, 15) is 9.59 Å². The maximum absolute atomic E-state index is 13.9. The van der Waals surface area contributed by atoms with Crippen molar-refractivity contribution in [2.45, 2.75) is 64.0 Å². The van der Waals surface area contributed by atoms with E-state index in [4.69, 9.17) is 42.6 Å². The highest BCUT2D eigenvalue weighted by Gasteiger charge is 2.57. The fourth-order valence-electron chi connectivity index (χ4n) is 5.30. The molecule has 3 unspecified atom stereocenters. The molecule has 0 aliphatic heterocycles. The van der Waals surface area contributed by atoms with E-state index in [1.165, 1.54) is 19.1 Å². The van der Waals surface area contributed by atoms with Gasteiger partial charge in [0.2, 0.25) is 0 Å². The number of Topliss-reactive ketones (excluding diaryl/α,β-unsaturated/α-hetero) is 1. The number of amides is 1. The van der Waals surface area contributed by atoms with Gasteiger partial charge in [0.15, 0.2) is 6.29 Å². The van der Waals surface area contributed by atoms with Gasteiger partial charge < -0.3 is 47.5 Å². The molecule has 12 heteroatoms. The summed E-state index contributed by atoms with van der Waals surface area (Å²) in [5.41, 5.74) is 0.857. The van der Waals surface area contributed by atoms with Crippen LogP contribution in [0.4, 0.5) is 4.79 Å². The van der Waals surface area contributed by atoms with Crippen molar-refractivity contribution in [1.29, 1.82) is 0 Å². The molecule has 240 valence electrons. The lowest BCUT2D eigenvalue weighted by atomic mass is 9.82. The topological polar surface area (TPSA) is 120 Å². The van der Waals surface area contributed by atoms with E-state index in [0.717, 1.165) is 5.56 Å². The summed E-state index contributed by atoms with van der Waals surface area (Å²) >= 11 is 0. The maximum Gasteiger partial charge on any atom is 0.409 e. The summed E-state index contributed by atoms with van der Waals surface area (Å²) in [5.74, 6) is -1.37. The molecule has 0 N–H and O–H groups in total. The van der Waals surface area contributed by atoms with Crippen LogP contribution in [0.25, 0.3) is 0 Å². The van der Waals surface area contributed by atoms with Crippen molar-refractivity contribution in [2.24, 2.45) is 11.8 Å². The lowest BCUT2D eigenvalue weighted by molar-refractivity contribution is -0.155. The maximum atomic E-state index is 13.9. The Balaban J connectivity index is 2.32. The van der Waals surface area contributed by atoms with Crippen molar-refractivity contribution in [1.82, 2.24) is 4.90 Å². The summed E-state index contributed by atoms with van der Waals surface area (Å²) in [6.45, 7) is 4.67. The smallest absolute Gasteiger partial charge is 0.409 e. The molecule has 1 aromatic carbocycles. The molecular weight excluding hydrogens is 550 g/mol. The molecule has 7 atom stereocenters. The Bertz CT molecular complexity index is 867. The fraction of sp³-hybridized carbons (Fsp3) is 0.733. The summed E-state index contributed by atoms with van der Waals surface area (Å²) in [6, 6.07) is 9.39. The minimum Gasteiger partial charge on any atom is -0.445 e. The van der Waals surface area contributed by atoms with Crippen LogP contribution >= 0.6 is 0 Å². The van der Waals surface area contributed by atoms with Crippen molar-refractivity contribution >= 4 is 11.9 Å². The average molecular weight is 600 g/mol. The van der Waals surface area contributed by atoms with Crippen LogP contribution in [0.2, 0.25) is 0 Å². The van der Waals surface area contributed by atoms with E-state index in [0.29, 0.717) is 19.6 Å². The van der Waals surface area contributed by atoms with Crippen LogP contribution in [0, 0.1) is 11.8 Å². The molecule has 42 heavy (non-hydrogen) atoms. The Labute approximate surface area is 249 Å². The van der Waals surface area contributed by atoms with Crippen molar-refractivity contribution < 1.29 is 52.2 Å². The lowest BCUT2D eigenvalue weighted by Crippen LogP contribution is -2.46. The number of carbonyl (C=O) groups is 2. The number of nitrogens with zero attached hydrogens (tertiary/aromatic N) is 1. The molecular formula is C30H49NO11. The first-order chi connectivity index (χ1) is 20.3. The molecule has 0 heterocycles. The average Bonchev–Trinajstić information content (AvgIpc) is 3.30.